The summed E-state index contributed by atoms with van der Waals surface area (Å²) in [6.07, 6.45) is 2.91. The van der Waals surface area contributed by atoms with Crippen molar-refractivity contribution < 1.29 is 4.79 Å². The highest BCUT2D eigenvalue weighted by molar-refractivity contribution is 6.17. The molecule has 1 rings (SSSR count). The van der Waals surface area contributed by atoms with Gasteiger partial charge in [-0.3, -0.25) is 5.10 Å². The quantitative estimate of drug-likeness (QED) is 0.563. The summed E-state index contributed by atoms with van der Waals surface area (Å²) in [7, 11) is 0. The third kappa shape index (κ3) is 2.19. The van der Waals surface area contributed by atoms with Gasteiger partial charge in [-0.05, 0) is 12.8 Å². The van der Waals surface area contributed by atoms with Crippen molar-refractivity contribution in [1.29, 1.82) is 0 Å². The Morgan fingerprint density at radius 2 is 2.58 bits per heavy atom. The summed E-state index contributed by atoms with van der Waals surface area (Å²) >= 11 is 5.48. The highest BCUT2D eigenvalue weighted by atomic mass is 35.5. The number of halogens is 1. The van der Waals surface area contributed by atoms with E-state index >= 15 is 0 Å². The van der Waals surface area contributed by atoms with Crippen LogP contribution in [0.25, 0.3) is 5.57 Å². The van der Waals surface area contributed by atoms with E-state index in [0.29, 0.717) is 23.6 Å². The second-order valence-electron chi connectivity index (χ2n) is 2.23. The normalized spacial score (nSPS) is 9.42. The topological polar surface area (TPSA) is 58.6 Å². The maximum Gasteiger partial charge on any atom is 0.130 e. The Labute approximate surface area is 74.6 Å². The van der Waals surface area contributed by atoms with Gasteiger partial charge in [0.2, 0.25) is 0 Å². The minimum absolute atomic E-state index is 0.518. The van der Waals surface area contributed by atoms with Gasteiger partial charge in [-0.2, -0.15) is 0 Å². The van der Waals surface area contributed by atoms with Gasteiger partial charge >= 0.3 is 0 Å². The Kier molecular flexibility index (Phi) is 3.51. The Balaban J connectivity index is 2.65. The van der Waals surface area contributed by atoms with Crippen molar-refractivity contribution in [3.8, 4) is 0 Å². The highest BCUT2D eigenvalue weighted by Crippen LogP contribution is 2.12. The van der Waals surface area contributed by atoms with E-state index < -0.39 is 0 Å². The van der Waals surface area contributed by atoms with Crippen molar-refractivity contribution in [1.82, 2.24) is 15.4 Å². The molecule has 0 saturated heterocycles. The van der Waals surface area contributed by atoms with Crippen molar-refractivity contribution in [2.75, 3.05) is 5.88 Å². The minimum Gasteiger partial charge on any atom is -0.265 e. The van der Waals surface area contributed by atoms with Gasteiger partial charge in [-0.15, -0.1) is 16.7 Å². The fourth-order valence-corrected chi connectivity index (χ4v) is 0.958. The summed E-state index contributed by atoms with van der Waals surface area (Å²) in [6.45, 7) is 0. The molecule has 0 fully saturated rings. The Morgan fingerprint density at radius 1 is 1.75 bits per heavy atom. The molecule has 5 heteroatoms. The van der Waals surface area contributed by atoms with Gasteiger partial charge in [0, 0.05) is 5.88 Å². The molecule has 0 radical (unpaired) electrons. The molecular formula is C7H8ClN3O. The lowest BCUT2D eigenvalue weighted by Crippen LogP contribution is -1.87. The van der Waals surface area contributed by atoms with Gasteiger partial charge in [0.1, 0.15) is 11.6 Å². The molecule has 1 aromatic rings. The first-order valence-corrected chi connectivity index (χ1v) is 4.08. The van der Waals surface area contributed by atoms with Crippen molar-refractivity contribution in [2.24, 2.45) is 0 Å². The number of rotatable bonds is 4. The molecule has 0 aromatic carbocycles. The van der Waals surface area contributed by atoms with Gasteiger partial charge in [0.05, 0.1) is 11.8 Å². The van der Waals surface area contributed by atoms with E-state index in [0.717, 1.165) is 6.42 Å². The molecule has 12 heavy (non-hydrogen) atoms. The van der Waals surface area contributed by atoms with Crippen LogP contribution >= 0.6 is 11.6 Å². The van der Waals surface area contributed by atoms with Crippen LogP contribution in [0.4, 0.5) is 0 Å². The molecule has 0 aliphatic heterocycles. The van der Waals surface area contributed by atoms with Crippen LogP contribution in [0.2, 0.25) is 0 Å². The summed E-state index contributed by atoms with van der Waals surface area (Å²) in [6, 6.07) is 0. The van der Waals surface area contributed by atoms with Crippen molar-refractivity contribution >= 4 is 23.1 Å². The molecule has 0 atom stereocenters. The molecule has 1 aromatic heterocycles. The van der Waals surface area contributed by atoms with Crippen LogP contribution in [0.1, 0.15) is 18.5 Å². The predicted octanol–water partition coefficient (Wildman–Crippen LogP) is 1.04. The number of alkyl halides is 1. The van der Waals surface area contributed by atoms with E-state index in [1.54, 1.807) is 6.20 Å². The second kappa shape index (κ2) is 4.70. The van der Waals surface area contributed by atoms with E-state index in [2.05, 4.69) is 15.4 Å². The lowest BCUT2D eigenvalue weighted by Gasteiger charge is -1.94. The number of hydrogen-bond donors (Lipinski definition) is 1. The molecule has 0 aliphatic rings. The number of carbonyl (C=O) groups excluding carboxylic acids is 1. The molecule has 64 valence electrons. The molecular weight excluding hydrogens is 178 g/mol. The molecule has 1 heterocycles. The van der Waals surface area contributed by atoms with Crippen LogP contribution in [-0.2, 0) is 4.79 Å². The molecule has 0 spiro atoms. The van der Waals surface area contributed by atoms with Gasteiger partial charge in [-0.25, -0.2) is 4.79 Å². The maximum absolute atomic E-state index is 10.4. The number of aromatic nitrogens is 3. The number of nitrogens with zero attached hydrogens (tertiary/aromatic N) is 2. The first-order chi connectivity index (χ1) is 5.88. The fraction of sp³-hybridized carbons (Fsp3) is 0.429. The number of allylic oxidation sites excluding steroid dienone is 1. The molecule has 0 bridgehead atoms. The summed E-state index contributed by atoms with van der Waals surface area (Å²) in [5, 5.41) is 9.71. The Bertz CT molecular complexity index is 277. The third-order valence-corrected chi connectivity index (χ3v) is 1.68. The van der Waals surface area contributed by atoms with Gasteiger partial charge in [-0.1, -0.05) is 5.21 Å². The first-order valence-electron chi connectivity index (χ1n) is 3.55. The van der Waals surface area contributed by atoms with Crippen LogP contribution in [0.3, 0.4) is 0 Å². The van der Waals surface area contributed by atoms with Crippen molar-refractivity contribution in [3.05, 3.63) is 11.9 Å². The molecule has 0 amide bonds. The number of H-pyrrole nitrogens is 1. The number of nitrogens with one attached hydrogen (secondary N) is 1. The largest absolute Gasteiger partial charge is 0.265 e. The van der Waals surface area contributed by atoms with Crippen LogP contribution in [0, 0.1) is 0 Å². The zero-order valence-electron chi connectivity index (χ0n) is 6.38. The van der Waals surface area contributed by atoms with Crippen molar-refractivity contribution in [3.63, 3.8) is 0 Å². The van der Waals surface area contributed by atoms with E-state index in [1.165, 1.54) is 0 Å². The predicted molar refractivity (Wildman–Crippen MR) is 45.4 cm³/mol. The van der Waals surface area contributed by atoms with Gasteiger partial charge in [0.15, 0.2) is 0 Å². The molecule has 0 aliphatic carbocycles. The Hall–Kier alpha value is -1.12. The SMILES string of the molecule is O=C=C(CCCCl)c1c[nH]nn1. The maximum atomic E-state index is 10.4. The number of aromatic amines is 1. The second-order valence-corrected chi connectivity index (χ2v) is 2.61. The lowest BCUT2D eigenvalue weighted by molar-refractivity contribution is 0.569. The molecule has 0 saturated carbocycles. The first kappa shape index (κ1) is 8.97. The summed E-state index contributed by atoms with van der Waals surface area (Å²) in [5.74, 6) is 2.36. The average Bonchev–Trinajstić information content (AvgIpc) is 2.59. The number of hydrogen-bond acceptors (Lipinski definition) is 3. The summed E-state index contributed by atoms with van der Waals surface area (Å²) < 4.78 is 0. The van der Waals surface area contributed by atoms with Crippen LogP contribution < -0.4 is 0 Å². The van der Waals surface area contributed by atoms with E-state index in [4.69, 9.17) is 11.6 Å². The van der Waals surface area contributed by atoms with Gasteiger partial charge < -0.3 is 0 Å². The molecule has 1 N–H and O–H groups in total. The van der Waals surface area contributed by atoms with Crippen LogP contribution in [0.5, 0.6) is 0 Å². The fourth-order valence-electron chi connectivity index (χ4n) is 0.824. The van der Waals surface area contributed by atoms with E-state index in [-0.39, 0.29) is 0 Å². The van der Waals surface area contributed by atoms with E-state index in [1.807, 2.05) is 5.94 Å². The summed E-state index contributed by atoms with van der Waals surface area (Å²) in [5.41, 5.74) is 1.07. The zero-order chi connectivity index (χ0) is 8.81. The zero-order valence-corrected chi connectivity index (χ0v) is 7.14. The highest BCUT2D eigenvalue weighted by Gasteiger charge is 2.04. The summed E-state index contributed by atoms with van der Waals surface area (Å²) in [4.78, 5) is 10.4. The lowest BCUT2D eigenvalue weighted by atomic mass is 10.1. The third-order valence-electron chi connectivity index (χ3n) is 1.41. The van der Waals surface area contributed by atoms with Crippen LogP contribution in [0.15, 0.2) is 6.20 Å². The van der Waals surface area contributed by atoms with Gasteiger partial charge in [0.25, 0.3) is 0 Å². The molecule has 4 nitrogen and oxygen atoms in total. The minimum atomic E-state index is 0.518. The van der Waals surface area contributed by atoms with Crippen molar-refractivity contribution in [2.45, 2.75) is 12.8 Å². The monoisotopic (exact) mass is 185 g/mol. The average molecular weight is 186 g/mol. The molecule has 0 unspecified atom stereocenters. The van der Waals surface area contributed by atoms with E-state index in [9.17, 15) is 4.79 Å². The Morgan fingerprint density at radius 3 is 3.08 bits per heavy atom. The van der Waals surface area contributed by atoms with Crippen LogP contribution in [-0.4, -0.2) is 27.2 Å². The standard InChI is InChI=1S/C7H8ClN3O/c8-3-1-2-6(5-12)7-4-9-11-10-7/h4H,1-3H2,(H,9,10,11). The smallest absolute Gasteiger partial charge is 0.130 e.